The molecule has 1 aromatic carbocycles. The number of rotatable bonds is 5. The van der Waals surface area contributed by atoms with Crippen molar-refractivity contribution < 1.29 is 17.7 Å². The van der Waals surface area contributed by atoms with Crippen LogP contribution in [-0.2, 0) is 16.6 Å². The third kappa shape index (κ3) is 5.65. The standard InChI is InChI=1S/C20H28N4O4S/c1-15-13-17(28-21-15)14-23-9-11-24(12-10-23)19(25)16-5-7-18(8-6-16)29(26,27)22-20(2,3)4/h5-8,13,22H,9-12,14H2,1-4H3. The maximum Gasteiger partial charge on any atom is 0.253 e. The second kappa shape index (κ2) is 8.25. The molecule has 1 fully saturated rings. The Hall–Kier alpha value is -2.23. The smallest absolute Gasteiger partial charge is 0.253 e. The molecule has 0 unspecified atom stereocenters. The number of carbonyl (C=O) groups excluding carboxylic acids is 1. The highest BCUT2D eigenvalue weighted by Crippen LogP contribution is 2.16. The summed E-state index contributed by atoms with van der Waals surface area (Å²) in [6.07, 6.45) is 0. The molecule has 9 heteroatoms. The van der Waals surface area contributed by atoms with Crippen molar-refractivity contribution in [3.8, 4) is 0 Å². The molecule has 1 aliphatic heterocycles. The zero-order valence-electron chi connectivity index (χ0n) is 17.3. The van der Waals surface area contributed by atoms with Gasteiger partial charge in [-0.15, -0.1) is 0 Å². The van der Waals surface area contributed by atoms with Crippen LogP contribution in [0.2, 0.25) is 0 Å². The molecule has 2 heterocycles. The third-order valence-corrected chi connectivity index (χ3v) is 6.34. The van der Waals surface area contributed by atoms with E-state index in [1.54, 1.807) is 37.8 Å². The SMILES string of the molecule is Cc1cc(CN2CCN(C(=O)c3ccc(S(=O)(=O)NC(C)(C)C)cc3)CC2)on1. The molecule has 0 atom stereocenters. The number of benzene rings is 1. The van der Waals surface area contributed by atoms with Crippen LogP contribution in [0, 0.1) is 6.92 Å². The highest BCUT2D eigenvalue weighted by molar-refractivity contribution is 7.89. The number of nitrogens with zero attached hydrogens (tertiary/aromatic N) is 3. The van der Waals surface area contributed by atoms with E-state index in [0.29, 0.717) is 25.2 Å². The lowest BCUT2D eigenvalue weighted by molar-refractivity contribution is 0.0617. The van der Waals surface area contributed by atoms with Gasteiger partial charge >= 0.3 is 0 Å². The van der Waals surface area contributed by atoms with Crippen molar-refractivity contribution in [1.29, 1.82) is 0 Å². The number of carbonyl (C=O) groups is 1. The first-order chi connectivity index (χ1) is 13.5. The van der Waals surface area contributed by atoms with E-state index >= 15 is 0 Å². The molecule has 0 saturated carbocycles. The summed E-state index contributed by atoms with van der Waals surface area (Å²) in [6, 6.07) is 8.02. The highest BCUT2D eigenvalue weighted by Gasteiger charge is 2.25. The molecule has 0 radical (unpaired) electrons. The van der Waals surface area contributed by atoms with E-state index in [2.05, 4.69) is 14.8 Å². The lowest BCUT2D eigenvalue weighted by atomic mass is 10.1. The van der Waals surface area contributed by atoms with Crippen molar-refractivity contribution in [3.63, 3.8) is 0 Å². The molecule has 158 valence electrons. The Labute approximate surface area is 171 Å². The van der Waals surface area contributed by atoms with Crippen LogP contribution < -0.4 is 4.72 Å². The van der Waals surface area contributed by atoms with Gasteiger partial charge in [0.1, 0.15) is 0 Å². The van der Waals surface area contributed by atoms with Gasteiger partial charge in [0.2, 0.25) is 10.0 Å². The third-order valence-electron chi connectivity index (χ3n) is 4.57. The predicted octanol–water partition coefficient (Wildman–Crippen LogP) is 2.02. The Bertz CT molecular complexity index is 953. The molecule has 0 bridgehead atoms. The van der Waals surface area contributed by atoms with E-state index in [9.17, 15) is 13.2 Å². The molecule has 2 aromatic rings. The van der Waals surface area contributed by atoms with E-state index in [4.69, 9.17) is 4.52 Å². The second-order valence-corrected chi connectivity index (χ2v) is 10.1. The van der Waals surface area contributed by atoms with Crippen molar-refractivity contribution in [2.45, 2.75) is 44.7 Å². The number of aromatic nitrogens is 1. The maximum absolute atomic E-state index is 12.8. The van der Waals surface area contributed by atoms with Gasteiger partial charge in [0.15, 0.2) is 5.76 Å². The van der Waals surface area contributed by atoms with Crippen LogP contribution in [0.5, 0.6) is 0 Å². The minimum atomic E-state index is -3.62. The van der Waals surface area contributed by atoms with Gasteiger partial charge in [-0.25, -0.2) is 13.1 Å². The Morgan fingerprint density at radius 2 is 1.76 bits per heavy atom. The summed E-state index contributed by atoms with van der Waals surface area (Å²) in [7, 11) is -3.62. The van der Waals surface area contributed by atoms with Crippen LogP contribution in [0.15, 0.2) is 39.8 Å². The fraction of sp³-hybridized carbons (Fsp3) is 0.500. The van der Waals surface area contributed by atoms with Gasteiger partial charge in [-0.2, -0.15) is 0 Å². The lowest BCUT2D eigenvalue weighted by Gasteiger charge is -2.34. The Morgan fingerprint density at radius 1 is 1.14 bits per heavy atom. The van der Waals surface area contributed by atoms with E-state index in [1.807, 2.05) is 13.0 Å². The molecule has 8 nitrogen and oxygen atoms in total. The fourth-order valence-corrected chi connectivity index (χ4v) is 4.66. The number of nitrogens with one attached hydrogen (secondary N) is 1. The van der Waals surface area contributed by atoms with Crippen molar-refractivity contribution in [3.05, 3.63) is 47.3 Å². The quantitative estimate of drug-likeness (QED) is 0.795. The van der Waals surface area contributed by atoms with E-state index < -0.39 is 15.6 Å². The fourth-order valence-electron chi connectivity index (χ4n) is 3.24. The molecule has 1 aromatic heterocycles. The molecular weight excluding hydrogens is 392 g/mol. The molecule has 1 N–H and O–H groups in total. The second-order valence-electron chi connectivity index (χ2n) is 8.38. The van der Waals surface area contributed by atoms with Gasteiger partial charge < -0.3 is 9.42 Å². The zero-order valence-corrected chi connectivity index (χ0v) is 18.1. The number of sulfonamides is 1. The van der Waals surface area contributed by atoms with Gasteiger partial charge in [-0.1, -0.05) is 5.16 Å². The van der Waals surface area contributed by atoms with E-state index in [1.165, 1.54) is 12.1 Å². The molecule has 1 aliphatic rings. The molecule has 0 aliphatic carbocycles. The summed E-state index contributed by atoms with van der Waals surface area (Å²) in [4.78, 5) is 16.9. The normalized spacial score (nSPS) is 16.2. The molecule has 1 amide bonds. The first kappa shape index (κ1) is 21.5. The number of hydrogen-bond donors (Lipinski definition) is 1. The minimum absolute atomic E-state index is 0.0899. The van der Waals surface area contributed by atoms with Gasteiger partial charge in [-0.3, -0.25) is 9.69 Å². The first-order valence-corrected chi connectivity index (χ1v) is 11.1. The molecule has 0 spiro atoms. The van der Waals surface area contributed by atoms with Crippen molar-refractivity contribution in [2.24, 2.45) is 0 Å². The Balaban J connectivity index is 1.58. The topological polar surface area (TPSA) is 95.8 Å². The van der Waals surface area contributed by atoms with Crippen molar-refractivity contribution >= 4 is 15.9 Å². The van der Waals surface area contributed by atoms with Crippen LogP contribution in [0.4, 0.5) is 0 Å². The number of aryl methyl sites for hydroxylation is 1. The van der Waals surface area contributed by atoms with Crippen LogP contribution in [0.1, 0.15) is 42.6 Å². The van der Waals surface area contributed by atoms with E-state index in [-0.39, 0.29) is 10.8 Å². The summed E-state index contributed by atoms with van der Waals surface area (Å²) < 4.78 is 32.7. The van der Waals surface area contributed by atoms with Gasteiger partial charge in [0.05, 0.1) is 17.1 Å². The van der Waals surface area contributed by atoms with Gasteiger partial charge in [0.25, 0.3) is 5.91 Å². The van der Waals surface area contributed by atoms with Crippen LogP contribution in [-0.4, -0.2) is 61.0 Å². The average Bonchev–Trinajstić information content (AvgIpc) is 3.05. The summed E-state index contributed by atoms with van der Waals surface area (Å²) in [5, 5.41) is 3.90. The largest absolute Gasteiger partial charge is 0.360 e. The van der Waals surface area contributed by atoms with Gasteiger partial charge in [-0.05, 0) is 52.0 Å². The van der Waals surface area contributed by atoms with Crippen molar-refractivity contribution in [1.82, 2.24) is 19.7 Å². The summed E-state index contributed by atoms with van der Waals surface area (Å²) in [5.74, 6) is 0.732. The molecule has 1 saturated heterocycles. The zero-order chi connectivity index (χ0) is 21.2. The highest BCUT2D eigenvalue weighted by atomic mass is 32.2. The van der Waals surface area contributed by atoms with Gasteiger partial charge in [0, 0.05) is 43.3 Å². The van der Waals surface area contributed by atoms with Crippen molar-refractivity contribution in [2.75, 3.05) is 26.2 Å². The maximum atomic E-state index is 12.8. The summed E-state index contributed by atoms with van der Waals surface area (Å²) in [5.41, 5.74) is 0.771. The van der Waals surface area contributed by atoms with E-state index in [0.717, 1.165) is 24.5 Å². The summed E-state index contributed by atoms with van der Waals surface area (Å²) >= 11 is 0. The number of amides is 1. The Morgan fingerprint density at radius 3 is 2.28 bits per heavy atom. The lowest BCUT2D eigenvalue weighted by Crippen LogP contribution is -2.48. The van der Waals surface area contributed by atoms with Crippen LogP contribution >= 0.6 is 0 Å². The predicted molar refractivity (Wildman–Crippen MR) is 109 cm³/mol. The van der Waals surface area contributed by atoms with Crippen LogP contribution in [0.25, 0.3) is 0 Å². The molecule has 3 rings (SSSR count). The number of piperazine rings is 1. The molecule has 29 heavy (non-hydrogen) atoms. The number of hydrogen-bond acceptors (Lipinski definition) is 6. The summed E-state index contributed by atoms with van der Waals surface area (Å²) in [6.45, 7) is 10.6. The van der Waals surface area contributed by atoms with Crippen LogP contribution in [0.3, 0.4) is 0 Å². The molecular formula is C20H28N4O4S. The first-order valence-electron chi connectivity index (χ1n) is 9.61. The average molecular weight is 421 g/mol. The monoisotopic (exact) mass is 420 g/mol. The minimum Gasteiger partial charge on any atom is -0.360 e. The Kier molecular flexibility index (Phi) is 6.11.